The molecule has 28 heavy (non-hydrogen) atoms. The third-order valence-corrected chi connectivity index (χ3v) is 3.71. The number of benzene rings is 1. The predicted octanol–water partition coefficient (Wildman–Crippen LogP) is 2.97. The molecule has 0 spiro atoms. The molecule has 7 nitrogen and oxygen atoms in total. The number of aromatic nitrogens is 1. The van der Waals surface area contributed by atoms with Gasteiger partial charge in [0, 0.05) is 26.2 Å². The van der Waals surface area contributed by atoms with Gasteiger partial charge in [0.2, 0.25) is 11.8 Å². The summed E-state index contributed by atoms with van der Waals surface area (Å²) in [6.45, 7) is 8.87. The summed E-state index contributed by atoms with van der Waals surface area (Å²) in [6.07, 6.45) is 1.60. The maximum Gasteiger partial charge on any atom is 0.241 e. The second-order valence-corrected chi connectivity index (χ2v) is 6.63. The van der Waals surface area contributed by atoms with Crippen LogP contribution in [0.2, 0.25) is 0 Å². The maximum absolute atomic E-state index is 11.8. The number of carbonyl (C=O) groups excluding carboxylic acids is 1. The standard InChI is InChI=1S/C20H27N5O2.HI/c1-14(2)10-21-20(23-12-18(26)25(4)5)22-11-17-13-27-19(24-17)16-8-6-15(3)7-9-16;/h6-9,13H,1,10-12H2,2-5H3,(H2,21,22,23);1H. The number of aliphatic imine (C=N–C) groups is 1. The summed E-state index contributed by atoms with van der Waals surface area (Å²) in [5.41, 5.74) is 3.78. The van der Waals surface area contributed by atoms with E-state index in [1.807, 2.05) is 38.1 Å². The zero-order valence-corrected chi connectivity index (χ0v) is 19.1. The van der Waals surface area contributed by atoms with E-state index in [2.05, 4.69) is 27.2 Å². The van der Waals surface area contributed by atoms with Crippen LogP contribution in [0.15, 0.2) is 52.1 Å². The Bertz CT molecular complexity index is 812. The molecule has 1 aromatic carbocycles. The van der Waals surface area contributed by atoms with Crippen molar-refractivity contribution in [2.24, 2.45) is 4.99 Å². The summed E-state index contributed by atoms with van der Waals surface area (Å²) in [6, 6.07) is 7.98. The first-order chi connectivity index (χ1) is 12.8. The quantitative estimate of drug-likeness (QED) is 0.266. The summed E-state index contributed by atoms with van der Waals surface area (Å²) < 4.78 is 5.55. The molecule has 1 heterocycles. The molecular formula is C20H28IN5O2. The highest BCUT2D eigenvalue weighted by atomic mass is 127. The van der Waals surface area contributed by atoms with Gasteiger partial charge in [0.05, 0.1) is 13.1 Å². The molecule has 152 valence electrons. The maximum atomic E-state index is 11.8. The van der Waals surface area contributed by atoms with Gasteiger partial charge in [-0.2, -0.15) is 0 Å². The number of aryl methyl sites for hydroxylation is 1. The molecule has 8 heteroatoms. The molecule has 2 N–H and O–H groups in total. The van der Waals surface area contributed by atoms with Gasteiger partial charge in [0.1, 0.15) is 12.0 Å². The summed E-state index contributed by atoms with van der Waals surface area (Å²) >= 11 is 0. The molecule has 1 aromatic heterocycles. The number of hydrogen-bond acceptors (Lipinski definition) is 4. The van der Waals surface area contributed by atoms with Crippen LogP contribution in [0, 0.1) is 6.92 Å². The number of halogens is 1. The fourth-order valence-corrected chi connectivity index (χ4v) is 2.09. The van der Waals surface area contributed by atoms with Crippen molar-refractivity contribution in [1.82, 2.24) is 20.5 Å². The first kappa shape index (κ1) is 23.7. The minimum atomic E-state index is -0.0390. The fraction of sp³-hybridized carbons (Fsp3) is 0.350. The van der Waals surface area contributed by atoms with Gasteiger partial charge >= 0.3 is 0 Å². The lowest BCUT2D eigenvalue weighted by Crippen LogP contribution is -2.43. The SMILES string of the molecule is C=C(C)CNC(=NCc1coc(-c2ccc(C)cc2)n1)NCC(=O)N(C)C.I. The molecule has 0 atom stereocenters. The normalized spacial score (nSPS) is 10.8. The van der Waals surface area contributed by atoms with Crippen molar-refractivity contribution in [3.63, 3.8) is 0 Å². The van der Waals surface area contributed by atoms with Crippen LogP contribution < -0.4 is 10.6 Å². The number of guanidine groups is 1. The van der Waals surface area contributed by atoms with Gasteiger partial charge in [-0.25, -0.2) is 9.98 Å². The minimum absolute atomic E-state index is 0. The monoisotopic (exact) mass is 497 g/mol. The van der Waals surface area contributed by atoms with Crippen LogP contribution in [0.25, 0.3) is 11.5 Å². The number of likely N-dealkylation sites (N-methyl/N-ethyl adjacent to an activating group) is 1. The van der Waals surface area contributed by atoms with E-state index in [-0.39, 0.29) is 36.4 Å². The average molecular weight is 497 g/mol. The molecule has 0 aliphatic rings. The van der Waals surface area contributed by atoms with E-state index in [0.717, 1.165) is 11.1 Å². The van der Waals surface area contributed by atoms with Crippen LogP contribution in [0.4, 0.5) is 0 Å². The Morgan fingerprint density at radius 2 is 1.86 bits per heavy atom. The zero-order chi connectivity index (χ0) is 19.8. The Morgan fingerprint density at radius 3 is 2.46 bits per heavy atom. The van der Waals surface area contributed by atoms with Gasteiger partial charge in [-0.1, -0.05) is 29.8 Å². The van der Waals surface area contributed by atoms with E-state index in [0.29, 0.717) is 30.6 Å². The highest BCUT2D eigenvalue weighted by molar-refractivity contribution is 14.0. The number of amides is 1. The van der Waals surface area contributed by atoms with Crippen molar-refractivity contribution >= 4 is 35.8 Å². The van der Waals surface area contributed by atoms with Crippen LogP contribution >= 0.6 is 24.0 Å². The Balaban J connectivity index is 0.00000392. The third-order valence-electron chi connectivity index (χ3n) is 3.71. The lowest BCUT2D eigenvalue weighted by molar-refractivity contribution is -0.127. The van der Waals surface area contributed by atoms with Crippen molar-refractivity contribution in [3.05, 3.63) is 53.9 Å². The first-order valence-corrected chi connectivity index (χ1v) is 8.73. The van der Waals surface area contributed by atoms with Gasteiger partial charge in [0.25, 0.3) is 0 Å². The molecule has 2 rings (SSSR count). The summed E-state index contributed by atoms with van der Waals surface area (Å²) in [7, 11) is 3.42. The van der Waals surface area contributed by atoms with Gasteiger partial charge in [0.15, 0.2) is 5.96 Å². The van der Waals surface area contributed by atoms with Crippen LogP contribution in [0.5, 0.6) is 0 Å². The van der Waals surface area contributed by atoms with E-state index in [4.69, 9.17) is 4.42 Å². The Labute approximate surface area is 183 Å². The first-order valence-electron chi connectivity index (χ1n) is 8.73. The third kappa shape index (κ3) is 7.71. The second kappa shape index (κ2) is 11.5. The molecular weight excluding hydrogens is 469 g/mol. The van der Waals surface area contributed by atoms with Gasteiger partial charge in [-0.3, -0.25) is 4.79 Å². The zero-order valence-electron chi connectivity index (χ0n) is 16.8. The highest BCUT2D eigenvalue weighted by Crippen LogP contribution is 2.19. The number of hydrogen-bond donors (Lipinski definition) is 2. The van der Waals surface area contributed by atoms with Crippen molar-refractivity contribution < 1.29 is 9.21 Å². The van der Waals surface area contributed by atoms with Gasteiger partial charge in [-0.15, -0.1) is 24.0 Å². The average Bonchev–Trinajstić information content (AvgIpc) is 3.10. The number of carbonyl (C=O) groups is 1. The largest absolute Gasteiger partial charge is 0.444 e. The summed E-state index contributed by atoms with van der Waals surface area (Å²) in [4.78, 5) is 22.3. The van der Waals surface area contributed by atoms with E-state index >= 15 is 0 Å². The van der Waals surface area contributed by atoms with E-state index in [1.54, 1.807) is 20.4 Å². The lowest BCUT2D eigenvalue weighted by Gasteiger charge is -2.14. The Morgan fingerprint density at radius 1 is 1.21 bits per heavy atom. The van der Waals surface area contributed by atoms with Crippen molar-refractivity contribution in [2.75, 3.05) is 27.2 Å². The molecule has 0 saturated carbocycles. The topological polar surface area (TPSA) is 82.8 Å². The molecule has 0 aliphatic heterocycles. The smallest absolute Gasteiger partial charge is 0.241 e. The van der Waals surface area contributed by atoms with Gasteiger partial charge in [-0.05, 0) is 26.0 Å². The molecule has 0 bridgehead atoms. The fourth-order valence-electron chi connectivity index (χ4n) is 2.09. The molecule has 0 fully saturated rings. The van der Waals surface area contributed by atoms with Crippen LogP contribution in [0.3, 0.4) is 0 Å². The molecule has 0 saturated heterocycles. The Kier molecular flexibility index (Phi) is 9.70. The van der Waals surface area contributed by atoms with E-state index < -0.39 is 0 Å². The summed E-state index contributed by atoms with van der Waals surface area (Å²) in [5, 5.41) is 6.16. The molecule has 1 amide bonds. The van der Waals surface area contributed by atoms with Crippen molar-refractivity contribution in [1.29, 1.82) is 0 Å². The lowest BCUT2D eigenvalue weighted by atomic mass is 10.1. The van der Waals surface area contributed by atoms with E-state index in [1.165, 1.54) is 10.5 Å². The van der Waals surface area contributed by atoms with Crippen LogP contribution in [0.1, 0.15) is 18.2 Å². The summed E-state index contributed by atoms with van der Waals surface area (Å²) in [5.74, 6) is 1.04. The Hall–Kier alpha value is -2.36. The number of nitrogens with zero attached hydrogens (tertiary/aromatic N) is 3. The molecule has 0 radical (unpaired) electrons. The number of rotatable bonds is 7. The number of nitrogens with one attached hydrogen (secondary N) is 2. The van der Waals surface area contributed by atoms with E-state index in [9.17, 15) is 4.79 Å². The highest BCUT2D eigenvalue weighted by Gasteiger charge is 2.08. The molecule has 0 unspecified atom stereocenters. The van der Waals surface area contributed by atoms with Crippen molar-refractivity contribution in [3.8, 4) is 11.5 Å². The molecule has 0 aliphatic carbocycles. The van der Waals surface area contributed by atoms with Gasteiger partial charge < -0.3 is 20.0 Å². The van der Waals surface area contributed by atoms with Crippen molar-refractivity contribution in [2.45, 2.75) is 20.4 Å². The molecule has 2 aromatic rings. The number of oxazole rings is 1. The van der Waals surface area contributed by atoms with Crippen LogP contribution in [-0.2, 0) is 11.3 Å². The predicted molar refractivity (Wildman–Crippen MR) is 123 cm³/mol. The van der Waals surface area contributed by atoms with Crippen LogP contribution in [-0.4, -0.2) is 48.9 Å². The minimum Gasteiger partial charge on any atom is -0.444 e. The second-order valence-electron chi connectivity index (χ2n) is 6.63.